The predicted octanol–water partition coefficient (Wildman–Crippen LogP) is 2.88. The number of hydrogen-bond acceptors (Lipinski definition) is 2. The van der Waals surface area contributed by atoms with Gasteiger partial charge in [0.1, 0.15) is 0 Å². The first-order valence-electron chi connectivity index (χ1n) is 5.39. The van der Waals surface area contributed by atoms with Crippen molar-refractivity contribution in [3.05, 3.63) is 23.8 Å². The molecule has 15 heavy (non-hydrogen) atoms. The van der Waals surface area contributed by atoms with Crippen LogP contribution in [0.1, 0.15) is 31.7 Å². The second-order valence-electron chi connectivity index (χ2n) is 3.78. The summed E-state index contributed by atoms with van der Waals surface area (Å²) in [6.07, 6.45) is 3.35. The van der Waals surface area contributed by atoms with Crippen molar-refractivity contribution in [1.82, 2.24) is 0 Å². The van der Waals surface area contributed by atoms with Gasteiger partial charge >= 0.3 is 0 Å². The normalized spacial score (nSPS) is 12.7. The van der Waals surface area contributed by atoms with E-state index in [4.69, 9.17) is 5.73 Å². The average Bonchev–Trinajstić information content (AvgIpc) is 2.22. The standard InChI is InChI=1S/C12H19NOS/c1-3-4-5-8-15(14)11-6-7-12(13)10(2)9-11/h6-7,9H,3-5,8,13H2,1-2H3. The molecule has 0 aliphatic heterocycles. The highest BCUT2D eigenvalue weighted by Gasteiger charge is 2.04. The number of nitrogen functional groups attached to an aromatic ring is 1. The molecule has 0 aliphatic carbocycles. The largest absolute Gasteiger partial charge is 0.399 e. The zero-order chi connectivity index (χ0) is 11.3. The van der Waals surface area contributed by atoms with Gasteiger partial charge in [0, 0.05) is 16.3 Å². The predicted molar refractivity (Wildman–Crippen MR) is 66.4 cm³/mol. The summed E-state index contributed by atoms with van der Waals surface area (Å²) in [5.74, 6) is 0.761. The van der Waals surface area contributed by atoms with E-state index in [1.54, 1.807) is 0 Å². The van der Waals surface area contributed by atoms with Gasteiger partial charge < -0.3 is 5.73 Å². The van der Waals surface area contributed by atoms with Crippen LogP contribution in [0.2, 0.25) is 0 Å². The SMILES string of the molecule is CCCCCS(=O)c1ccc(N)c(C)c1. The van der Waals surface area contributed by atoms with Crippen LogP contribution >= 0.6 is 0 Å². The first-order valence-corrected chi connectivity index (χ1v) is 6.71. The van der Waals surface area contributed by atoms with Gasteiger partial charge in [-0.05, 0) is 37.1 Å². The molecule has 0 amide bonds. The van der Waals surface area contributed by atoms with Crippen LogP contribution in [0.5, 0.6) is 0 Å². The molecular weight excluding hydrogens is 206 g/mol. The fourth-order valence-electron chi connectivity index (χ4n) is 1.39. The minimum Gasteiger partial charge on any atom is -0.399 e. The Bertz CT molecular complexity index is 349. The van der Waals surface area contributed by atoms with E-state index in [9.17, 15) is 4.21 Å². The molecule has 2 N–H and O–H groups in total. The molecular formula is C12H19NOS. The lowest BCUT2D eigenvalue weighted by Crippen LogP contribution is -1.99. The van der Waals surface area contributed by atoms with Gasteiger partial charge in [-0.25, -0.2) is 0 Å². The van der Waals surface area contributed by atoms with Crippen LogP contribution < -0.4 is 5.73 Å². The molecule has 3 heteroatoms. The van der Waals surface area contributed by atoms with Gasteiger partial charge in [0.25, 0.3) is 0 Å². The molecule has 0 fully saturated rings. The van der Waals surface area contributed by atoms with Crippen molar-refractivity contribution in [1.29, 1.82) is 0 Å². The van der Waals surface area contributed by atoms with Crippen molar-refractivity contribution in [3.8, 4) is 0 Å². The van der Waals surface area contributed by atoms with E-state index in [0.29, 0.717) is 0 Å². The summed E-state index contributed by atoms with van der Waals surface area (Å²) in [6, 6.07) is 5.63. The van der Waals surface area contributed by atoms with Crippen LogP contribution in [-0.2, 0) is 10.8 Å². The zero-order valence-electron chi connectivity index (χ0n) is 9.45. The minimum atomic E-state index is -0.859. The lowest BCUT2D eigenvalue weighted by Gasteiger charge is -2.05. The van der Waals surface area contributed by atoms with Gasteiger partial charge in [-0.3, -0.25) is 4.21 Å². The fourth-order valence-corrected chi connectivity index (χ4v) is 2.62. The van der Waals surface area contributed by atoms with Crippen molar-refractivity contribution in [2.75, 3.05) is 11.5 Å². The maximum Gasteiger partial charge on any atom is 0.0529 e. The lowest BCUT2D eigenvalue weighted by atomic mass is 10.2. The van der Waals surface area contributed by atoms with E-state index in [0.717, 1.165) is 41.2 Å². The molecule has 84 valence electrons. The summed E-state index contributed by atoms with van der Waals surface area (Å²) in [4.78, 5) is 0.901. The van der Waals surface area contributed by atoms with Crippen molar-refractivity contribution in [2.45, 2.75) is 38.0 Å². The van der Waals surface area contributed by atoms with Crippen LogP contribution in [0.15, 0.2) is 23.1 Å². The van der Waals surface area contributed by atoms with Gasteiger partial charge in [-0.1, -0.05) is 19.8 Å². The third kappa shape index (κ3) is 3.67. The quantitative estimate of drug-likeness (QED) is 0.618. The van der Waals surface area contributed by atoms with E-state index in [1.807, 2.05) is 25.1 Å². The monoisotopic (exact) mass is 225 g/mol. The molecule has 0 saturated heterocycles. The molecule has 2 nitrogen and oxygen atoms in total. The maximum absolute atomic E-state index is 11.9. The minimum absolute atomic E-state index is 0.761. The number of benzene rings is 1. The van der Waals surface area contributed by atoms with Gasteiger partial charge in [0.15, 0.2) is 0 Å². The highest BCUT2D eigenvalue weighted by molar-refractivity contribution is 7.85. The van der Waals surface area contributed by atoms with Crippen LogP contribution in [0.4, 0.5) is 5.69 Å². The highest BCUT2D eigenvalue weighted by atomic mass is 32.2. The summed E-state index contributed by atoms with van der Waals surface area (Å²) in [5, 5.41) is 0. The van der Waals surface area contributed by atoms with Crippen LogP contribution in [0.25, 0.3) is 0 Å². The average molecular weight is 225 g/mol. The Balaban J connectivity index is 2.62. The smallest absolute Gasteiger partial charge is 0.0529 e. The molecule has 0 bridgehead atoms. The Hall–Kier alpha value is -0.830. The third-order valence-electron chi connectivity index (χ3n) is 2.44. The Labute approximate surface area is 94.3 Å². The van der Waals surface area contributed by atoms with E-state index >= 15 is 0 Å². The molecule has 1 rings (SSSR count). The van der Waals surface area contributed by atoms with Crippen molar-refractivity contribution in [3.63, 3.8) is 0 Å². The summed E-state index contributed by atoms with van der Waals surface area (Å²) in [7, 11) is -0.859. The first kappa shape index (κ1) is 12.2. The lowest BCUT2D eigenvalue weighted by molar-refractivity contribution is 0.676. The molecule has 0 radical (unpaired) electrons. The number of aryl methyl sites for hydroxylation is 1. The maximum atomic E-state index is 11.9. The molecule has 0 aliphatic rings. The molecule has 1 aromatic rings. The Morgan fingerprint density at radius 1 is 1.33 bits per heavy atom. The molecule has 0 aromatic heterocycles. The molecule has 0 spiro atoms. The molecule has 1 unspecified atom stereocenters. The molecule has 0 heterocycles. The van der Waals surface area contributed by atoms with E-state index < -0.39 is 10.8 Å². The van der Waals surface area contributed by atoms with Crippen LogP contribution in [-0.4, -0.2) is 9.96 Å². The summed E-state index contributed by atoms with van der Waals surface area (Å²) >= 11 is 0. The molecule has 0 saturated carbocycles. The second-order valence-corrected chi connectivity index (χ2v) is 5.35. The number of anilines is 1. The summed E-state index contributed by atoms with van der Waals surface area (Å²) < 4.78 is 11.9. The Morgan fingerprint density at radius 3 is 2.67 bits per heavy atom. The molecule has 1 aromatic carbocycles. The van der Waals surface area contributed by atoms with Gasteiger partial charge in [0.2, 0.25) is 0 Å². The Morgan fingerprint density at radius 2 is 2.07 bits per heavy atom. The number of nitrogens with two attached hydrogens (primary N) is 1. The van der Waals surface area contributed by atoms with Crippen molar-refractivity contribution >= 4 is 16.5 Å². The van der Waals surface area contributed by atoms with Gasteiger partial charge in [-0.15, -0.1) is 0 Å². The summed E-state index contributed by atoms with van der Waals surface area (Å²) in [6.45, 7) is 4.10. The molecule has 1 atom stereocenters. The fraction of sp³-hybridized carbons (Fsp3) is 0.500. The van der Waals surface area contributed by atoms with Gasteiger partial charge in [0.05, 0.1) is 10.8 Å². The van der Waals surface area contributed by atoms with Gasteiger partial charge in [-0.2, -0.15) is 0 Å². The summed E-state index contributed by atoms with van der Waals surface area (Å²) in [5.41, 5.74) is 7.49. The van der Waals surface area contributed by atoms with Crippen LogP contribution in [0, 0.1) is 6.92 Å². The van der Waals surface area contributed by atoms with E-state index in [-0.39, 0.29) is 0 Å². The van der Waals surface area contributed by atoms with Crippen molar-refractivity contribution in [2.24, 2.45) is 0 Å². The third-order valence-corrected chi connectivity index (χ3v) is 3.88. The zero-order valence-corrected chi connectivity index (χ0v) is 10.3. The number of hydrogen-bond donors (Lipinski definition) is 1. The topological polar surface area (TPSA) is 43.1 Å². The number of unbranched alkanes of at least 4 members (excludes halogenated alkanes) is 2. The Kier molecular flexibility index (Phi) is 4.82. The first-order chi connectivity index (χ1) is 7.15. The van der Waals surface area contributed by atoms with Crippen molar-refractivity contribution < 1.29 is 4.21 Å². The highest BCUT2D eigenvalue weighted by Crippen LogP contribution is 2.16. The van der Waals surface area contributed by atoms with E-state index in [2.05, 4.69) is 6.92 Å². The second kappa shape index (κ2) is 5.91. The van der Waals surface area contributed by atoms with Crippen LogP contribution in [0.3, 0.4) is 0 Å². The van der Waals surface area contributed by atoms with E-state index in [1.165, 1.54) is 0 Å². The number of rotatable bonds is 5.